The number of halogens is 1. The van der Waals surface area contributed by atoms with Gasteiger partial charge in [-0.1, -0.05) is 43.5 Å². The van der Waals surface area contributed by atoms with Crippen LogP contribution >= 0.6 is 22.6 Å². The standard InChI is InChI=1S/C18H20INO/c19-17-10-11-20(18(21)12-17)13-14-6-8-16(9-7-14)15-4-2-1-3-5-15/h6-12,15H,1-5,13H2. The summed E-state index contributed by atoms with van der Waals surface area (Å²) in [7, 11) is 0. The van der Waals surface area contributed by atoms with Gasteiger partial charge in [0.2, 0.25) is 0 Å². The molecular formula is C18H20INO. The Morgan fingerprint density at radius 3 is 2.43 bits per heavy atom. The van der Waals surface area contributed by atoms with E-state index in [1.807, 2.05) is 12.3 Å². The molecule has 0 N–H and O–H groups in total. The van der Waals surface area contributed by atoms with Crippen molar-refractivity contribution in [2.75, 3.05) is 0 Å². The number of pyridine rings is 1. The van der Waals surface area contributed by atoms with Gasteiger partial charge in [0.25, 0.3) is 5.56 Å². The SMILES string of the molecule is O=c1cc(I)ccn1Cc1ccc(C2CCCCC2)cc1. The third kappa shape index (κ3) is 3.76. The van der Waals surface area contributed by atoms with Crippen molar-refractivity contribution in [2.24, 2.45) is 0 Å². The maximum atomic E-state index is 11.9. The first-order valence-electron chi connectivity index (χ1n) is 7.67. The van der Waals surface area contributed by atoms with Crippen LogP contribution in [0, 0.1) is 3.57 Å². The summed E-state index contributed by atoms with van der Waals surface area (Å²) in [5, 5.41) is 0. The number of hydrogen-bond acceptors (Lipinski definition) is 1. The molecule has 1 aromatic heterocycles. The van der Waals surface area contributed by atoms with Crippen molar-refractivity contribution < 1.29 is 0 Å². The average molecular weight is 393 g/mol. The van der Waals surface area contributed by atoms with Crippen LogP contribution in [-0.4, -0.2) is 4.57 Å². The van der Waals surface area contributed by atoms with E-state index in [1.165, 1.54) is 43.2 Å². The van der Waals surface area contributed by atoms with Gasteiger partial charge in [-0.25, -0.2) is 0 Å². The fraction of sp³-hybridized carbons (Fsp3) is 0.389. The summed E-state index contributed by atoms with van der Waals surface area (Å²) in [6.07, 6.45) is 8.66. The van der Waals surface area contributed by atoms with Gasteiger partial charge in [-0.15, -0.1) is 0 Å². The van der Waals surface area contributed by atoms with Crippen molar-refractivity contribution in [2.45, 2.75) is 44.6 Å². The molecule has 0 unspecified atom stereocenters. The summed E-state index contributed by atoms with van der Waals surface area (Å²) in [6.45, 7) is 0.653. The molecule has 1 aromatic carbocycles. The van der Waals surface area contributed by atoms with Gasteiger partial charge in [0.15, 0.2) is 0 Å². The summed E-state index contributed by atoms with van der Waals surface area (Å²) >= 11 is 2.17. The minimum atomic E-state index is 0.0678. The second-order valence-corrected chi connectivity index (χ2v) is 7.13. The first-order valence-corrected chi connectivity index (χ1v) is 8.75. The van der Waals surface area contributed by atoms with Crippen LogP contribution in [-0.2, 0) is 6.54 Å². The molecule has 0 atom stereocenters. The van der Waals surface area contributed by atoms with E-state index >= 15 is 0 Å². The quantitative estimate of drug-likeness (QED) is 0.702. The van der Waals surface area contributed by atoms with Crippen LogP contribution < -0.4 is 5.56 Å². The molecule has 3 rings (SSSR count). The van der Waals surface area contributed by atoms with E-state index in [2.05, 4.69) is 46.9 Å². The van der Waals surface area contributed by atoms with E-state index in [1.54, 1.807) is 10.6 Å². The molecule has 0 spiro atoms. The zero-order chi connectivity index (χ0) is 14.7. The van der Waals surface area contributed by atoms with Crippen LogP contribution in [0.3, 0.4) is 0 Å². The van der Waals surface area contributed by atoms with Gasteiger partial charge in [-0.2, -0.15) is 0 Å². The number of benzene rings is 1. The van der Waals surface area contributed by atoms with Gasteiger partial charge >= 0.3 is 0 Å². The Balaban J connectivity index is 1.73. The van der Waals surface area contributed by atoms with Crippen LogP contribution in [0.2, 0.25) is 0 Å². The number of rotatable bonds is 3. The summed E-state index contributed by atoms with van der Waals surface area (Å²) in [4.78, 5) is 11.9. The van der Waals surface area contributed by atoms with E-state index in [0.29, 0.717) is 6.54 Å². The van der Waals surface area contributed by atoms with Gasteiger partial charge in [0.1, 0.15) is 0 Å². The maximum absolute atomic E-state index is 11.9. The van der Waals surface area contributed by atoms with Crippen LogP contribution in [0.15, 0.2) is 47.4 Å². The second-order valence-electron chi connectivity index (χ2n) is 5.89. The van der Waals surface area contributed by atoms with Gasteiger partial charge in [0.05, 0.1) is 6.54 Å². The van der Waals surface area contributed by atoms with Gasteiger partial charge in [0, 0.05) is 15.8 Å². The molecule has 0 saturated heterocycles. The minimum Gasteiger partial charge on any atom is -0.311 e. The number of hydrogen-bond donors (Lipinski definition) is 0. The first kappa shape index (κ1) is 14.8. The lowest BCUT2D eigenvalue weighted by Crippen LogP contribution is -2.19. The van der Waals surface area contributed by atoms with Crippen molar-refractivity contribution in [3.05, 3.63) is 67.6 Å². The van der Waals surface area contributed by atoms with E-state index in [-0.39, 0.29) is 5.56 Å². The van der Waals surface area contributed by atoms with E-state index in [4.69, 9.17) is 0 Å². The number of aromatic nitrogens is 1. The monoisotopic (exact) mass is 393 g/mol. The van der Waals surface area contributed by atoms with Crippen molar-refractivity contribution in [1.82, 2.24) is 4.57 Å². The fourth-order valence-electron chi connectivity index (χ4n) is 3.14. The molecule has 110 valence electrons. The Kier molecular flexibility index (Phi) is 4.78. The third-order valence-corrected chi connectivity index (χ3v) is 5.04. The lowest BCUT2D eigenvalue weighted by Gasteiger charge is -2.22. The van der Waals surface area contributed by atoms with Gasteiger partial charge in [-0.05, 0) is 58.5 Å². The zero-order valence-electron chi connectivity index (χ0n) is 12.1. The second kappa shape index (κ2) is 6.77. The van der Waals surface area contributed by atoms with Crippen molar-refractivity contribution in [3.63, 3.8) is 0 Å². The van der Waals surface area contributed by atoms with Crippen LogP contribution in [0.5, 0.6) is 0 Å². The Morgan fingerprint density at radius 2 is 1.76 bits per heavy atom. The molecule has 1 aliphatic rings. The highest BCUT2D eigenvalue weighted by molar-refractivity contribution is 14.1. The predicted molar refractivity (Wildman–Crippen MR) is 94.8 cm³/mol. The Hall–Kier alpha value is -1.10. The topological polar surface area (TPSA) is 22.0 Å². The molecule has 1 heterocycles. The highest BCUT2D eigenvalue weighted by atomic mass is 127. The van der Waals surface area contributed by atoms with Crippen molar-refractivity contribution in [3.8, 4) is 0 Å². The molecule has 1 saturated carbocycles. The lowest BCUT2D eigenvalue weighted by molar-refractivity contribution is 0.443. The van der Waals surface area contributed by atoms with E-state index in [9.17, 15) is 4.79 Å². The predicted octanol–water partition coefficient (Wildman–Crippen LogP) is 4.55. The molecule has 0 aliphatic heterocycles. The molecular weight excluding hydrogens is 373 g/mol. The molecule has 0 bridgehead atoms. The van der Waals surface area contributed by atoms with Crippen LogP contribution in [0.4, 0.5) is 0 Å². The van der Waals surface area contributed by atoms with Crippen LogP contribution in [0.1, 0.15) is 49.1 Å². The molecule has 21 heavy (non-hydrogen) atoms. The van der Waals surface area contributed by atoms with Crippen LogP contribution in [0.25, 0.3) is 0 Å². The van der Waals surface area contributed by atoms with Crippen molar-refractivity contribution >= 4 is 22.6 Å². The normalized spacial score (nSPS) is 16.0. The molecule has 1 aliphatic carbocycles. The van der Waals surface area contributed by atoms with Gasteiger partial charge < -0.3 is 4.57 Å². The summed E-state index contributed by atoms with van der Waals surface area (Å²) < 4.78 is 2.75. The fourth-order valence-corrected chi connectivity index (χ4v) is 3.57. The molecule has 1 fully saturated rings. The molecule has 0 radical (unpaired) electrons. The summed E-state index contributed by atoms with van der Waals surface area (Å²) in [5.41, 5.74) is 2.73. The molecule has 0 amide bonds. The smallest absolute Gasteiger partial charge is 0.251 e. The Morgan fingerprint density at radius 1 is 1.05 bits per heavy atom. The van der Waals surface area contributed by atoms with Crippen molar-refractivity contribution in [1.29, 1.82) is 0 Å². The zero-order valence-corrected chi connectivity index (χ0v) is 14.3. The summed E-state index contributed by atoms with van der Waals surface area (Å²) in [5.74, 6) is 0.744. The largest absolute Gasteiger partial charge is 0.311 e. The number of nitrogens with zero attached hydrogens (tertiary/aromatic N) is 1. The third-order valence-electron chi connectivity index (χ3n) is 4.37. The minimum absolute atomic E-state index is 0.0678. The van der Waals surface area contributed by atoms with E-state index < -0.39 is 0 Å². The summed E-state index contributed by atoms with van der Waals surface area (Å²) in [6, 6.07) is 12.5. The Labute approximate surface area is 139 Å². The molecule has 3 heteroatoms. The average Bonchev–Trinajstić information content (AvgIpc) is 2.52. The molecule has 2 nitrogen and oxygen atoms in total. The van der Waals surface area contributed by atoms with E-state index in [0.717, 1.165) is 9.49 Å². The molecule has 2 aromatic rings. The van der Waals surface area contributed by atoms with Gasteiger partial charge in [-0.3, -0.25) is 4.79 Å². The first-order chi connectivity index (χ1) is 10.2. The lowest BCUT2D eigenvalue weighted by atomic mass is 9.84. The maximum Gasteiger partial charge on any atom is 0.251 e. The highest BCUT2D eigenvalue weighted by Crippen LogP contribution is 2.32. The highest BCUT2D eigenvalue weighted by Gasteiger charge is 2.15. The Bertz CT molecular complexity index is 654.